The van der Waals surface area contributed by atoms with Crippen LogP contribution < -0.4 is 67.2 Å². The minimum Gasteiger partial charge on any atom is -0.508 e. The van der Waals surface area contributed by atoms with Gasteiger partial charge in [0.2, 0.25) is 53.4 Å². The van der Waals surface area contributed by atoms with E-state index in [0.717, 1.165) is 104 Å². The number of hydrogen-bond donors (Lipinski definition) is 19. The molecule has 119 heavy (non-hydrogen) atoms. The Morgan fingerprint density at radius 1 is 0.697 bits per heavy atom. The zero-order chi connectivity index (χ0) is 86.2. The number of nitrogens with one attached hydrogen (secondary N) is 8. The lowest BCUT2D eigenvalue weighted by molar-refractivity contribution is -0.334. The van der Waals surface area contributed by atoms with Crippen molar-refractivity contribution >= 4 is 87.4 Å². The van der Waals surface area contributed by atoms with Crippen LogP contribution in [0.2, 0.25) is 10.0 Å². The van der Waals surface area contributed by atoms with E-state index < -0.39 is 237 Å². The predicted molar refractivity (Wildman–Crippen MR) is 425 cm³/mol. The standard InChI is InChI=1S/C81H95Cl2N9O26S/c1-35(2)23-49(85-6)73(104)91-64-66(99)40-14-19-53(47(82)25-40)114-55-27-42-28-56(70(55)118-80-71(69(102)68(101)57(34-93)116-80)117-59-32-81(5,72(103)36(3)113-59)86-33-38-11-16-44(17-12-38)112-21-9-7-8-10-22-119-37(4)94)115-54-20-15-41(26-48(54)83)67(100)65-78(109)90-63(79(110)111)46-29-43(95)30-52(97)60(46)45-24-39(13-18-51(45)96)61(75(106)92-65)89-76(107)62(42)88-74(105)50(31-58(84)98)87-77(64)108/h11-20,24-30,35-36,49-50,57,59,61-69,71-72,80,85-86,93,95-97,99-103H,7-10,21-23,31-34H2,1-6H3,(H2,84,98)(H,87,108)(H,88,105)(H,89,107)(H,90,109)(H,91,104)(H,92,106)(H,110,111)/t36-,49+,50-,57+,59-,61+,62+,63-,64+,65-,66+,67+,68+,69-,71+,72+,80-,81-/m0/s1. The topological polar surface area (TPSA) is 543 Å². The average Bonchev–Trinajstić information content (AvgIpc) is 0.767. The van der Waals surface area contributed by atoms with E-state index in [0.29, 0.717) is 12.4 Å². The number of carboxylic acids is 1. The minimum atomic E-state index is -2.37. The lowest BCUT2D eigenvalue weighted by atomic mass is 9.84. The number of aliphatic carboxylic acids is 1. The summed E-state index contributed by atoms with van der Waals surface area (Å²) >= 11 is 15.6. The van der Waals surface area contributed by atoms with Gasteiger partial charge in [0.1, 0.15) is 95.2 Å². The molecule has 0 spiro atoms. The monoisotopic (exact) mass is 1710 g/mol. The maximum atomic E-state index is 16.2. The first-order valence-electron chi connectivity index (χ1n) is 38.3. The van der Waals surface area contributed by atoms with Crippen molar-refractivity contribution in [2.45, 2.75) is 195 Å². The SMILES string of the molecule is CN[C@H](CC(C)C)C(=O)N[C@H]1C(=O)N[C@@H](CC(N)=O)C(=O)N[C@H]2C(=O)N[C@H]3C(=O)N[C@H](C(=O)N[C@H](C(=O)O)c4cc(O)cc(O)c4-c4cc3ccc4O)[C@H](O)c3ccc(c(Cl)c3)Oc3cc2cc(c3O[C@@H]2O[C@H](CO)[C@@H](O)[C@H](O)[C@H]2O[C@H]2C[C@](C)(NCc3ccc(OCCCCCCSC(C)=O)cc3)[C@H](O)[C@H](C)O2)Oc2ccc(cc2Cl)[C@H]1O. The quantitative estimate of drug-likeness (QED) is 0.0378. The van der Waals surface area contributed by atoms with Gasteiger partial charge in [0.05, 0.1) is 47.9 Å². The molecule has 0 aromatic heterocycles. The highest BCUT2D eigenvalue weighted by atomic mass is 35.5. The maximum absolute atomic E-state index is 16.2. The first-order valence-corrected chi connectivity index (χ1v) is 40.0. The summed E-state index contributed by atoms with van der Waals surface area (Å²) in [6, 6.07) is 6.62. The summed E-state index contributed by atoms with van der Waals surface area (Å²) in [7, 11) is 1.48. The molecule has 20 N–H and O–H groups in total. The number of carbonyl (C=O) groups is 9. The Morgan fingerprint density at radius 3 is 1.95 bits per heavy atom. The molecule has 0 saturated carbocycles. The van der Waals surface area contributed by atoms with Crippen molar-refractivity contribution in [1.82, 2.24) is 42.5 Å². The zero-order valence-electron chi connectivity index (χ0n) is 65.2. The summed E-state index contributed by atoms with van der Waals surface area (Å²) in [6.07, 6.45) is -15.1. The van der Waals surface area contributed by atoms with Crippen LogP contribution in [0.15, 0.2) is 103 Å². The molecular weight excluding hydrogens is 1620 g/mol. The van der Waals surface area contributed by atoms with Crippen molar-refractivity contribution < 1.29 is 127 Å². The first kappa shape index (κ1) is 89.6. The smallest absolute Gasteiger partial charge is 0.330 e. The highest BCUT2D eigenvalue weighted by molar-refractivity contribution is 8.13. The number of amides is 7. The number of thioether (sulfide) groups is 1. The normalized spacial score (nSPS) is 26.7. The Balaban J connectivity index is 1.06. The van der Waals surface area contributed by atoms with E-state index in [1.165, 1.54) is 30.9 Å². The number of primary amides is 1. The van der Waals surface area contributed by atoms with Gasteiger partial charge in [-0.2, -0.15) is 0 Å². The number of hydrogen-bond acceptors (Lipinski definition) is 28. The van der Waals surface area contributed by atoms with E-state index in [4.69, 9.17) is 62.1 Å². The van der Waals surface area contributed by atoms with Crippen molar-refractivity contribution in [3.05, 3.63) is 147 Å². The molecular formula is C81H95Cl2N9O26S. The van der Waals surface area contributed by atoms with Crippen molar-refractivity contribution in [2.75, 3.05) is 26.0 Å². The number of aliphatic hydroxyl groups excluding tert-OH is 6. The fourth-order valence-corrected chi connectivity index (χ4v) is 15.7. The molecule has 6 aromatic rings. The second-order valence-electron chi connectivity index (χ2n) is 30.2. The summed E-state index contributed by atoms with van der Waals surface area (Å²) in [6.45, 7) is 8.14. The Bertz CT molecular complexity index is 4780. The molecule has 7 aliphatic rings. The van der Waals surface area contributed by atoms with Crippen LogP contribution in [0.5, 0.6) is 51.7 Å². The number of phenolic OH excluding ortho intramolecular Hbond substituents is 3. The second-order valence-corrected chi connectivity index (χ2v) is 32.3. The summed E-state index contributed by atoms with van der Waals surface area (Å²) in [4.78, 5) is 129. The molecule has 0 unspecified atom stereocenters. The van der Waals surface area contributed by atoms with Crippen LogP contribution in [0.25, 0.3) is 11.1 Å². The minimum absolute atomic E-state index is 0.0855. The molecule has 38 heteroatoms. The van der Waals surface area contributed by atoms with Crippen LogP contribution in [0.4, 0.5) is 0 Å². The fraction of sp³-hybridized carbons (Fsp3) is 0.444. The van der Waals surface area contributed by atoms with Gasteiger partial charge in [0, 0.05) is 53.9 Å². The van der Waals surface area contributed by atoms with Crippen LogP contribution in [-0.4, -0.2) is 208 Å². The second kappa shape index (κ2) is 38.9. The molecule has 13 rings (SSSR count). The van der Waals surface area contributed by atoms with E-state index >= 15 is 14.4 Å². The highest BCUT2D eigenvalue weighted by Gasteiger charge is 2.52. The average molecular weight is 1710 g/mol. The van der Waals surface area contributed by atoms with Crippen LogP contribution in [0.3, 0.4) is 0 Å². The van der Waals surface area contributed by atoms with E-state index in [2.05, 4.69) is 42.5 Å². The van der Waals surface area contributed by atoms with Gasteiger partial charge >= 0.3 is 5.97 Å². The van der Waals surface area contributed by atoms with Gasteiger partial charge in [-0.15, -0.1) is 0 Å². The molecule has 640 valence electrons. The Kier molecular flexibility index (Phi) is 29.3. The number of halogens is 2. The largest absolute Gasteiger partial charge is 0.508 e. The van der Waals surface area contributed by atoms with Gasteiger partial charge in [0.15, 0.2) is 35.1 Å². The van der Waals surface area contributed by atoms with Crippen LogP contribution >= 0.6 is 35.0 Å². The fourth-order valence-electron chi connectivity index (χ4n) is 14.6. The number of rotatable bonds is 24. The van der Waals surface area contributed by atoms with Gasteiger partial charge in [-0.3, -0.25) is 38.4 Å². The Morgan fingerprint density at radius 2 is 1.33 bits per heavy atom. The molecule has 7 aliphatic heterocycles. The molecule has 18 atom stereocenters. The third kappa shape index (κ3) is 21.2. The van der Waals surface area contributed by atoms with Gasteiger partial charge in [-0.1, -0.05) is 92.0 Å². The van der Waals surface area contributed by atoms with E-state index in [9.17, 15) is 79.8 Å². The molecule has 35 nitrogen and oxygen atoms in total. The van der Waals surface area contributed by atoms with Gasteiger partial charge in [0.25, 0.3) is 0 Å². The number of carboxylic acid groups (broad SMARTS) is 1. The molecule has 7 amide bonds. The molecule has 2 saturated heterocycles. The number of nitrogens with two attached hydrogens (primary N) is 1. The maximum Gasteiger partial charge on any atom is 0.330 e. The Hall–Kier alpha value is -10.2. The lowest BCUT2D eigenvalue weighted by Crippen LogP contribution is -2.65. The number of fused-ring (bicyclic) bond motifs is 15. The van der Waals surface area contributed by atoms with Gasteiger partial charge in [-0.25, -0.2) is 4.79 Å². The molecule has 11 bridgehead atoms. The molecule has 0 radical (unpaired) electrons. The van der Waals surface area contributed by atoms with Crippen molar-refractivity contribution in [3.63, 3.8) is 0 Å². The number of aliphatic hydroxyl groups is 6. The number of ether oxygens (including phenoxy) is 7. The van der Waals surface area contributed by atoms with E-state index in [-0.39, 0.29) is 57.9 Å². The molecule has 7 heterocycles. The summed E-state index contributed by atoms with van der Waals surface area (Å²) in [5.74, 6) is -14.7. The Labute approximate surface area is 696 Å². The lowest BCUT2D eigenvalue weighted by Gasteiger charge is -2.48. The number of phenols is 3. The van der Waals surface area contributed by atoms with Crippen molar-refractivity contribution in [3.8, 4) is 62.9 Å². The number of likely N-dealkylation sites (N-methyl/N-ethyl adjacent to an activating group) is 1. The van der Waals surface area contributed by atoms with Crippen LogP contribution in [0, 0.1) is 5.92 Å². The molecule has 2 fully saturated rings. The highest BCUT2D eigenvalue weighted by Crippen LogP contribution is 2.50. The summed E-state index contributed by atoms with van der Waals surface area (Å²) in [5.41, 5.74) is 2.45. The number of unbranched alkanes of at least 4 members (excludes halogenated alkanes) is 3. The summed E-state index contributed by atoms with van der Waals surface area (Å²) < 4.78 is 45.5. The number of benzene rings is 6. The van der Waals surface area contributed by atoms with Crippen molar-refractivity contribution in [2.24, 2.45) is 11.7 Å². The third-order valence-corrected chi connectivity index (χ3v) is 22.5. The number of carbonyl (C=O) groups excluding carboxylic acids is 8. The first-order chi connectivity index (χ1) is 56.5. The third-order valence-electron chi connectivity index (χ3n) is 21.0. The van der Waals surface area contributed by atoms with Crippen molar-refractivity contribution in [1.29, 1.82) is 0 Å². The molecule has 6 aromatic carbocycles. The van der Waals surface area contributed by atoms with Crippen LogP contribution in [-0.2, 0) is 63.9 Å². The zero-order valence-corrected chi connectivity index (χ0v) is 67.6. The van der Waals surface area contributed by atoms with Gasteiger partial charge < -0.3 is 132 Å². The molecule has 0 aliphatic carbocycles. The number of aromatic hydroxyl groups is 3. The summed E-state index contributed by atoms with van der Waals surface area (Å²) in [5, 5.41) is 137. The van der Waals surface area contributed by atoms with E-state index in [1.54, 1.807) is 20.8 Å². The van der Waals surface area contributed by atoms with E-state index in [1.807, 2.05) is 38.1 Å². The van der Waals surface area contributed by atoms with Gasteiger partial charge in [-0.05, 0) is 141 Å². The predicted octanol–water partition coefficient (Wildman–Crippen LogP) is 4.16. The van der Waals surface area contributed by atoms with Crippen LogP contribution in [0.1, 0.15) is 143 Å².